The molecule has 0 aliphatic carbocycles. The topological polar surface area (TPSA) is 141 Å². The molecule has 2 N–H and O–H groups in total. The van der Waals surface area contributed by atoms with Crippen LogP contribution in [-0.2, 0) is 54.0 Å². The number of aliphatic hydroxyl groups is 1. The van der Waals surface area contributed by atoms with Crippen molar-refractivity contribution >= 4 is 5.97 Å². The summed E-state index contributed by atoms with van der Waals surface area (Å²) in [6.07, 6.45) is -10.1. The average molecular weight is 517 g/mol. The van der Waals surface area contributed by atoms with Gasteiger partial charge >= 0.3 is 5.97 Å². The van der Waals surface area contributed by atoms with E-state index in [1.54, 1.807) is 0 Å². The van der Waals surface area contributed by atoms with E-state index in [2.05, 4.69) is 0 Å². The third kappa shape index (κ3) is 6.40. The molecule has 3 rings (SSSR count). The van der Waals surface area contributed by atoms with Crippen molar-refractivity contribution in [3.8, 4) is 0 Å². The van der Waals surface area contributed by atoms with Gasteiger partial charge in [-0.05, 0) is 5.56 Å². The number of rotatable bonds is 12. The lowest BCUT2D eigenvalue weighted by Gasteiger charge is -2.48. The second-order valence-electron chi connectivity index (χ2n) is 8.45. The van der Waals surface area contributed by atoms with E-state index in [9.17, 15) is 15.0 Å². The van der Waals surface area contributed by atoms with E-state index in [-0.39, 0.29) is 13.2 Å². The van der Waals surface area contributed by atoms with E-state index >= 15 is 0 Å². The van der Waals surface area contributed by atoms with Crippen LogP contribution in [0.25, 0.3) is 0 Å². The summed E-state index contributed by atoms with van der Waals surface area (Å²) in [5, 5.41) is 20.1. The Morgan fingerprint density at radius 3 is 2.06 bits per heavy atom. The first kappa shape index (κ1) is 28.9. The normalized spacial score (nSPS) is 37.1. The predicted octanol–water partition coefficient (Wildman–Crippen LogP) is 0.190. The second kappa shape index (κ2) is 13.7. The zero-order valence-electron chi connectivity index (χ0n) is 21.1. The van der Waals surface area contributed by atoms with Crippen molar-refractivity contribution in [1.82, 2.24) is 0 Å². The molecule has 2 saturated heterocycles. The molecule has 1 aromatic rings. The zero-order valence-corrected chi connectivity index (χ0v) is 21.1. The van der Waals surface area contributed by atoms with Gasteiger partial charge in [-0.15, -0.1) is 0 Å². The van der Waals surface area contributed by atoms with Crippen LogP contribution in [0.15, 0.2) is 30.3 Å². The molecule has 2 aliphatic heterocycles. The highest BCUT2D eigenvalue weighted by Crippen LogP contribution is 2.33. The first-order valence-corrected chi connectivity index (χ1v) is 11.5. The van der Waals surface area contributed by atoms with Gasteiger partial charge in [0, 0.05) is 35.5 Å². The van der Waals surface area contributed by atoms with Crippen LogP contribution in [0.2, 0.25) is 0 Å². The molecular formula is C24H36O12. The Balaban J connectivity index is 1.88. The van der Waals surface area contributed by atoms with Gasteiger partial charge in [-0.3, -0.25) is 0 Å². The van der Waals surface area contributed by atoms with Gasteiger partial charge in [0.05, 0.1) is 13.2 Å². The Kier molecular flexibility index (Phi) is 11.0. The summed E-state index contributed by atoms with van der Waals surface area (Å²) in [6, 6.07) is 9.58. The average Bonchev–Trinajstić information content (AvgIpc) is 2.89. The SMILES string of the molecule is COCC1O[C@H](OC)C(OCc2ccccc2)[C@@H](OC)[C@@H]1O[C@H]1O[C@@H](C(=O)O)[C@@H](O)C(OC)C1OC. The molecule has 1 aromatic carbocycles. The predicted molar refractivity (Wildman–Crippen MR) is 122 cm³/mol. The quantitative estimate of drug-likeness (QED) is 0.392. The fourth-order valence-corrected chi connectivity index (χ4v) is 4.55. The highest BCUT2D eigenvalue weighted by atomic mass is 16.8. The van der Waals surface area contributed by atoms with Gasteiger partial charge in [0.15, 0.2) is 18.7 Å². The van der Waals surface area contributed by atoms with Crippen molar-refractivity contribution in [3.05, 3.63) is 35.9 Å². The molecule has 0 aromatic heterocycles. The fraction of sp³-hybridized carbons (Fsp3) is 0.708. The van der Waals surface area contributed by atoms with Crippen LogP contribution < -0.4 is 0 Å². The first-order chi connectivity index (χ1) is 17.4. The van der Waals surface area contributed by atoms with Gasteiger partial charge < -0.3 is 52.8 Å². The molecule has 0 bridgehead atoms. The van der Waals surface area contributed by atoms with Crippen molar-refractivity contribution in [1.29, 1.82) is 0 Å². The van der Waals surface area contributed by atoms with Crippen molar-refractivity contribution in [2.24, 2.45) is 0 Å². The van der Waals surface area contributed by atoms with E-state index < -0.39 is 67.4 Å². The Labute approximate surface area is 210 Å². The molecule has 2 fully saturated rings. The maximum atomic E-state index is 11.8. The van der Waals surface area contributed by atoms with Crippen LogP contribution in [0.5, 0.6) is 0 Å². The molecule has 4 unspecified atom stereocenters. The lowest BCUT2D eigenvalue weighted by atomic mass is 9.96. The minimum absolute atomic E-state index is 0.110. The summed E-state index contributed by atoms with van der Waals surface area (Å²) in [5.41, 5.74) is 0.940. The molecule has 10 atom stereocenters. The summed E-state index contributed by atoms with van der Waals surface area (Å²) in [5.74, 6) is -1.37. The van der Waals surface area contributed by atoms with Crippen LogP contribution in [0.4, 0.5) is 0 Å². The number of carboxylic acids is 1. The lowest BCUT2D eigenvalue weighted by Crippen LogP contribution is -2.66. The number of ether oxygens (including phenoxy) is 9. The lowest BCUT2D eigenvalue weighted by molar-refractivity contribution is -0.362. The Morgan fingerprint density at radius 2 is 1.50 bits per heavy atom. The Hall–Kier alpha value is -1.71. The summed E-state index contributed by atoms with van der Waals surface area (Å²) < 4.78 is 51.7. The highest BCUT2D eigenvalue weighted by molar-refractivity contribution is 5.73. The number of carbonyl (C=O) groups is 1. The van der Waals surface area contributed by atoms with E-state index in [1.165, 1.54) is 35.5 Å². The molecule has 2 heterocycles. The van der Waals surface area contributed by atoms with Crippen LogP contribution in [0, 0.1) is 0 Å². The van der Waals surface area contributed by atoms with Gasteiger partial charge in [-0.25, -0.2) is 4.79 Å². The minimum atomic E-state index is -1.60. The summed E-state index contributed by atoms with van der Waals surface area (Å²) in [4.78, 5) is 11.8. The fourth-order valence-electron chi connectivity index (χ4n) is 4.55. The molecule has 12 heteroatoms. The van der Waals surface area contributed by atoms with Crippen molar-refractivity contribution in [2.45, 2.75) is 68.0 Å². The number of carboxylic acid groups (broad SMARTS) is 1. The molecule has 12 nitrogen and oxygen atoms in total. The zero-order chi connectivity index (χ0) is 26.2. The van der Waals surface area contributed by atoms with Gasteiger partial charge in [0.25, 0.3) is 0 Å². The third-order valence-corrected chi connectivity index (χ3v) is 6.31. The molecular weight excluding hydrogens is 480 g/mol. The number of aliphatic hydroxyl groups excluding tert-OH is 1. The third-order valence-electron chi connectivity index (χ3n) is 6.31. The molecule has 0 spiro atoms. The summed E-state index contributed by atoms with van der Waals surface area (Å²) in [7, 11) is 7.23. The Morgan fingerprint density at radius 1 is 0.833 bits per heavy atom. The monoisotopic (exact) mass is 516 g/mol. The molecule has 0 amide bonds. The van der Waals surface area contributed by atoms with E-state index in [0.29, 0.717) is 0 Å². The molecule has 204 valence electrons. The summed E-state index contributed by atoms with van der Waals surface area (Å²) in [6.45, 7) is 0.370. The number of benzene rings is 1. The maximum absolute atomic E-state index is 11.8. The van der Waals surface area contributed by atoms with Crippen molar-refractivity contribution < 1.29 is 57.6 Å². The molecule has 2 aliphatic rings. The maximum Gasteiger partial charge on any atom is 0.335 e. The first-order valence-electron chi connectivity index (χ1n) is 11.5. The smallest absolute Gasteiger partial charge is 0.335 e. The van der Waals surface area contributed by atoms with Gasteiger partial charge in [-0.1, -0.05) is 30.3 Å². The van der Waals surface area contributed by atoms with Crippen LogP contribution in [0.1, 0.15) is 5.56 Å². The molecule has 0 saturated carbocycles. The highest BCUT2D eigenvalue weighted by Gasteiger charge is 2.54. The van der Waals surface area contributed by atoms with Gasteiger partial charge in [-0.2, -0.15) is 0 Å². The second-order valence-corrected chi connectivity index (χ2v) is 8.45. The number of hydrogen-bond donors (Lipinski definition) is 2. The van der Waals surface area contributed by atoms with Crippen LogP contribution >= 0.6 is 0 Å². The standard InChI is InChI=1S/C24H36O12/c1-28-12-14-16(35-24-20(31-4)17(29-2)15(25)18(36-24)22(26)27)19(30-3)21(23(32-5)34-14)33-11-13-9-7-6-8-10-13/h6-10,14-21,23-25H,11-12H2,1-5H3,(H,26,27)/t14?,15-,16+,17?,18+,19-,20?,21?,23-,24-/m0/s1. The van der Waals surface area contributed by atoms with Crippen LogP contribution in [0.3, 0.4) is 0 Å². The van der Waals surface area contributed by atoms with E-state index in [1.807, 2.05) is 30.3 Å². The van der Waals surface area contributed by atoms with Crippen molar-refractivity contribution in [3.63, 3.8) is 0 Å². The van der Waals surface area contributed by atoms with E-state index in [4.69, 9.17) is 42.6 Å². The molecule has 0 radical (unpaired) electrons. The minimum Gasteiger partial charge on any atom is -0.479 e. The number of aliphatic carboxylic acids is 1. The van der Waals surface area contributed by atoms with E-state index in [0.717, 1.165) is 5.56 Å². The number of hydrogen-bond acceptors (Lipinski definition) is 11. The largest absolute Gasteiger partial charge is 0.479 e. The van der Waals surface area contributed by atoms with Crippen LogP contribution in [-0.4, -0.2) is 120 Å². The Bertz CT molecular complexity index is 795. The molecule has 36 heavy (non-hydrogen) atoms. The summed E-state index contributed by atoms with van der Waals surface area (Å²) >= 11 is 0. The van der Waals surface area contributed by atoms with Crippen molar-refractivity contribution in [2.75, 3.05) is 42.2 Å². The van der Waals surface area contributed by atoms with Gasteiger partial charge in [0.1, 0.15) is 42.7 Å². The number of methoxy groups -OCH3 is 5. The van der Waals surface area contributed by atoms with Gasteiger partial charge in [0.2, 0.25) is 0 Å².